The second-order valence-corrected chi connectivity index (χ2v) is 7.90. The van der Waals surface area contributed by atoms with Crippen LogP contribution in [0.1, 0.15) is 47.0 Å². The third-order valence-corrected chi connectivity index (χ3v) is 5.39. The molecule has 0 saturated carbocycles. The Bertz CT molecular complexity index is 708. The van der Waals surface area contributed by atoms with Crippen LogP contribution in [0.15, 0.2) is 59.8 Å². The normalized spacial score (nSPS) is 28.2. The van der Waals surface area contributed by atoms with Crippen LogP contribution in [-0.2, 0) is 9.59 Å². The topological polar surface area (TPSA) is 46.2 Å². The van der Waals surface area contributed by atoms with Crippen molar-refractivity contribution in [3.63, 3.8) is 0 Å². The second kappa shape index (κ2) is 8.59. The molecular formula is C23H31NO2. The van der Waals surface area contributed by atoms with Crippen molar-refractivity contribution in [1.29, 1.82) is 0 Å². The maximum Gasteiger partial charge on any atom is 0.156 e. The molecule has 0 amide bonds. The van der Waals surface area contributed by atoms with E-state index >= 15 is 0 Å². The van der Waals surface area contributed by atoms with Crippen molar-refractivity contribution in [2.75, 3.05) is 13.1 Å². The van der Waals surface area contributed by atoms with E-state index in [0.717, 1.165) is 18.4 Å². The molecule has 0 saturated heterocycles. The minimum atomic E-state index is -0.570. The van der Waals surface area contributed by atoms with E-state index in [9.17, 15) is 9.59 Å². The quantitative estimate of drug-likeness (QED) is 0.686. The summed E-state index contributed by atoms with van der Waals surface area (Å²) in [5, 5.41) is 3.17. The van der Waals surface area contributed by atoms with Crippen molar-refractivity contribution in [1.82, 2.24) is 5.32 Å². The molecule has 0 radical (unpaired) electrons. The molecule has 0 spiro atoms. The molecule has 0 bridgehead atoms. The fourth-order valence-corrected chi connectivity index (χ4v) is 3.18. The Morgan fingerprint density at radius 1 is 1.04 bits per heavy atom. The molecule has 2 rings (SSSR count). The van der Waals surface area contributed by atoms with Crippen LogP contribution in [0.3, 0.4) is 0 Å². The lowest BCUT2D eigenvalue weighted by atomic mass is 9.81. The summed E-state index contributed by atoms with van der Waals surface area (Å²) in [4.78, 5) is 25.2. The summed E-state index contributed by atoms with van der Waals surface area (Å²) in [6.45, 7) is 8.84. The predicted octanol–water partition coefficient (Wildman–Crippen LogP) is 4.49. The van der Waals surface area contributed by atoms with Crippen LogP contribution in [0.5, 0.6) is 0 Å². The van der Waals surface area contributed by atoms with Gasteiger partial charge in [0.2, 0.25) is 0 Å². The zero-order valence-corrected chi connectivity index (χ0v) is 16.5. The molecule has 26 heavy (non-hydrogen) atoms. The van der Waals surface area contributed by atoms with E-state index in [1.54, 1.807) is 0 Å². The number of ketones is 2. The van der Waals surface area contributed by atoms with Crippen molar-refractivity contribution in [3.8, 4) is 0 Å². The number of allylic oxidation sites excluding steroid dienone is 10. The molecule has 0 fully saturated rings. The molecule has 0 aliphatic heterocycles. The van der Waals surface area contributed by atoms with Gasteiger partial charge in [0, 0.05) is 18.4 Å². The number of nitrogens with one attached hydrogen (secondary N) is 1. The Balaban J connectivity index is 1.81. The average Bonchev–Trinajstić information content (AvgIpc) is 2.89. The molecule has 0 heterocycles. The van der Waals surface area contributed by atoms with E-state index < -0.39 is 10.8 Å². The van der Waals surface area contributed by atoms with Gasteiger partial charge in [0.15, 0.2) is 5.78 Å². The van der Waals surface area contributed by atoms with Crippen LogP contribution in [0, 0.1) is 10.8 Å². The Morgan fingerprint density at radius 2 is 1.77 bits per heavy atom. The van der Waals surface area contributed by atoms with Gasteiger partial charge in [0.25, 0.3) is 0 Å². The minimum absolute atomic E-state index is 0.161. The van der Waals surface area contributed by atoms with E-state index in [0.29, 0.717) is 19.5 Å². The number of rotatable bonds is 7. The Morgan fingerprint density at radius 3 is 2.54 bits per heavy atom. The first-order chi connectivity index (χ1) is 12.3. The highest BCUT2D eigenvalue weighted by molar-refractivity contribution is 5.89. The summed E-state index contributed by atoms with van der Waals surface area (Å²) < 4.78 is 0. The number of carbonyl (C=O) groups excluding carboxylic acids is 2. The first kappa shape index (κ1) is 20.3. The summed E-state index contributed by atoms with van der Waals surface area (Å²) in [6, 6.07) is 0. The van der Waals surface area contributed by atoms with Crippen LogP contribution >= 0.6 is 0 Å². The molecule has 3 heteroatoms. The maximum atomic E-state index is 12.6. The highest BCUT2D eigenvalue weighted by atomic mass is 16.1. The van der Waals surface area contributed by atoms with Crippen LogP contribution < -0.4 is 5.32 Å². The molecule has 2 unspecified atom stereocenters. The highest BCUT2D eigenvalue weighted by Gasteiger charge is 2.30. The average molecular weight is 354 g/mol. The first-order valence-corrected chi connectivity index (χ1v) is 9.44. The lowest BCUT2D eigenvalue weighted by Gasteiger charge is -2.24. The summed E-state index contributed by atoms with van der Waals surface area (Å²) in [6.07, 6.45) is 18.2. The van der Waals surface area contributed by atoms with Gasteiger partial charge in [-0.15, -0.1) is 0 Å². The predicted molar refractivity (Wildman–Crippen MR) is 108 cm³/mol. The van der Waals surface area contributed by atoms with Gasteiger partial charge >= 0.3 is 0 Å². The van der Waals surface area contributed by atoms with Crippen molar-refractivity contribution < 1.29 is 9.59 Å². The maximum absolute atomic E-state index is 12.6. The van der Waals surface area contributed by atoms with Gasteiger partial charge in [-0.3, -0.25) is 9.59 Å². The molecule has 0 aromatic rings. The van der Waals surface area contributed by atoms with E-state index in [-0.39, 0.29) is 11.6 Å². The molecule has 2 atom stereocenters. The number of carbonyl (C=O) groups is 2. The first-order valence-electron chi connectivity index (χ1n) is 9.44. The number of hydrogen-bond acceptors (Lipinski definition) is 3. The van der Waals surface area contributed by atoms with E-state index in [2.05, 4.69) is 18.3 Å². The lowest BCUT2D eigenvalue weighted by molar-refractivity contribution is -0.126. The van der Waals surface area contributed by atoms with E-state index in [1.165, 1.54) is 5.57 Å². The summed E-state index contributed by atoms with van der Waals surface area (Å²) in [5.74, 6) is 0.345. The smallest absolute Gasteiger partial charge is 0.156 e. The Kier molecular flexibility index (Phi) is 6.71. The van der Waals surface area contributed by atoms with E-state index in [4.69, 9.17) is 0 Å². The largest absolute Gasteiger partial charge is 0.310 e. The monoisotopic (exact) mass is 353 g/mol. The highest BCUT2D eigenvalue weighted by Crippen LogP contribution is 2.30. The minimum Gasteiger partial charge on any atom is -0.310 e. The molecule has 2 aliphatic rings. The summed E-state index contributed by atoms with van der Waals surface area (Å²) in [5.41, 5.74) is 1.35. The zero-order chi connectivity index (χ0) is 19.2. The van der Waals surface area contributed by atoms with Gasteiger partial charge in [0.05, 0.1) is 12.0 Å². The van der Waals surface area contributed by atoms with E-state index in [1.807, 2.05) is 63.3 Å². The van der Waals surface area contributed by atoms with Gasteiger partial charge in [0.1, 0.15) is 5.78 Å². The molecule has 140 valence electrons. The number of hydrogen-bond donors (Lipinski definition) is 1. The summed E-state index contributed by atoms with van der Waals surface area (Å²) >= 11 is 0. The molecular weight excluding hydrogens is 322 g/mol. The van der Waals surface area contributed by atoms with Gasteiger partial charge in [-0.1, -0.05) is 59.8 Å². The fraction of sp³-hybridized carbons (Fsp3) is 0.478. The van der Waals surface area contributed by atoms with Gasteiger partial charge in [-0.05, 0) is 40.5 Å². The Labute approximate surface area is 157 Å². The second-order valence-electron chi connectivity index (χ2n) is 7.90. The van der Waals surface area contributed by atoms with Crippen molar-refractivity contribution >= 4 is 11.6 Å². The van der Waals surface area contributed by atoms with Crippen molar-refractivity contribution in [2.24, 2.45) is 10.8 Å². The molecule has 2 aliphatic carbocycles. The van der Waals surface area contributed by atoms with Crippen LogP contribution in [-0.4, -0.2) is 24.7 Å². The Hall–Kier alpha value is -2.00. The summed E-state index contributed by atoms with van der Waals surface area (Å²) in [7, 11) is 0. The SMILES string of the molecule is CC1=CC=CC(C)(C(=O)CCNCC(=O)C2(C)C=CC(C)=CCC2)C=C1. The molecule has 0 aromatic heterocycles. The van der Waals surface area contributed by atoms with Crippen LogP contribution in [0.4, 0.5) is 0 Å². The van der Waals surface area contributed by atoms with Crippen LogP contribution in [0.2, 0.25) is 0 Å². The molecule has 3 nitrogen and oxygen atoms in total. The third kappa shape index (κ3) is 5.25. The van der Waals surface area contributed by atoms with Gasteiger partial charge in [-0.2, -0.15) is 0 Å². The van der Waals surface area contributed by atoms with Gasteiger partial charge < -0.3 is 5.32 Å². The van der Waals surface area contributed by atoms with Gasteiger partial charge in [-0.25, -0.2) is 0 Å². The molecule has 0 aromatic carbocycles. The lowest BCUT2D eigenvalue weighted by Crippen LogP contribution is -2.36. The molecule has 1 N–H and O–H groups in total. The van der Waals surface area contributed by atoms with Crippen molar-refractivity contribution in [3.05, 3.63) is 59.8 Å². The number of Topliss-reactive ketones (excluding diaryl/α,β-unsaturated/α-hetero) is 2. The third-order valence-electron chi connectivity index (χ3n) is 5.39. The van der Waals surface area contributed by atoms with Crippen molar-refractivity contribution in [2.45, 2.75) is 47.0 Å². The van der Waals surface area contributed by atoms with Crippen LogP contribution in [0.25, 0.3) is 0 Å². The standard InChI is InChI=1S/C23H31NO2/c1-18-7-5-12-22(3,14-9-18)20(25)11-16-24-17-21(26)23(4)13-6-8-19(2)10-15-23/h5,7-10,12,14-15,24H,6,11,13,16-17H2,1-4H3. The zero-order valence-electron chi connectivity index (χ0n) is 16.5. The fourth-order valence-electron chi connectivity index (χ4n) is 3.18.